The molecule has 0 bridgehead atoms. The Morgan fingerprint density at radius 1 is 1.15 bits per heavy atom. The molecule has 0 fully saturated rings. The van der Waals surface area contributed by atoms with Gasteiger partial charge < -0.3 is 10.2 Å². The normalized spacial score (nSPS) is 10.5. The molecule has 2 rings (SSSR count). The molecule has 0 atom stereocenters. The van der Waals surface area contributed by atoms with Crippen LogP contribution in [0, 0.1) is 6.92 Å². The molecule has 0 unspecified atom stereocenters. The summed E-state index contributed by atoms with van der Waals surface area (Å²) in [7, 11) is 3.65. The van der Waals surface area contributed by atoms with Gasteiger partial charge >= 0.3 is 0 Å². The van der Waals surface area contributed by atoms with Gasteiger partial charge in [0.05, 0.1) is 5.69 Å². The zero-order valence-corrected chi connectivity index (χ0v) is 14.2. The summed E-state index contributed by atoms with van der Waals surface area (Å²) in [5, 5.41) is 3.85. The number of hydrogen-bond donors (Lipinski definition) is 1. The highest BCUT2D eigenvalue weighted by molar-refractivity contribution is 9.10. The average Bonchev–Trinajstić information content (AvgIpc) is 2.35. The van der Waals surface area contributed by atoms with Crippen LogP contribution >= 0.6 is 39.1 Å². The Bertz CT molecular complexity index is 648. The lowest BCUT2D eigenvalue weighted by atomic mass is 10.2. The monoisotopic (exact) mass is 375 g/mol. The lowest BCUT2D eigenvalue weighted by Gasteiger charge is -2.13. The minimum Gasteiger partial charge on any atom is -0.347 e. The van der Waals surface area contributed by atoms with Crippen LogP contribution < -0.4 is 10.2 Å². The second-order valence-electron chi connectivity index (χ2n) is 4.33. The Labute approximate surface area is 135 Å². The molecule has 1 aromatic carbocycles. The first-order valence-electron chi connectivity index (χ1n) is 5.68. The summed E-state index contributed by atoms with van der Waals surface area (Å²) in [4.78, 5) is 14.1. The minimum atomic E-state index is 0.125. The van der Waals surface area contributed by atoms with E-state index >= 15 is 0 Å². The summed E-state index contributed by atoms with van der Waals surface area (Å²) in [5.41, 5.74) is 1.74. The molecule has 0 saturated carbocycles. The van der Waals surface area contributed by atoms with Gasteiger partial charge in [-0.25, -0.2) is 0 Å². The van der Waals surface area contributed by atoms with E-state index in [-0.39, 0.29) is 5.28 Å². The number of halogens is 3. The fourth-order valence-corrected chi connectivity index (χ4v) is 2.33. The maximum atomic E-state index is 6.12. The Morgan fingerprint density at radius 3 is 2.50 bits per heavy atom. The van der Waals surface area contributed by atoms with Gasteiger partial charge in [-0.05, 0) is 52.2 Å². The fourth-order valence-electron chi connectivity index (χ4n) is 1.46. The van der Waals surface area contributed by atoms with Crippen LogP contribution in [-0.4, -0.2) is 29.0 Å². The molecule has 0 spiro atoms. The molecule has 1 heterocycles. The number of nitrogens with one attached hydrogen (secondary N) is 1. The largest absolute Gasteiger partial charge is 0.347 e. The van der Waals surface area contributed by atoms with Crippen molar-refractivity contribution in [2.75, 3.05) is 24.3 Å². The van der Waals surface area contributed by atoms with Gasteiger partial charge in [0, 0.05) is 23.6 Å². The molecule has 0 aliphatic carbocycles. The van der Waals surface area contributed by atoms with Crippen LogP contribution in [-0.2, 0) is 0 Å². The molecule has 0 aliphatic rings. The predicted octanol–water partition coefficient (Wildman–Crippen LogP) is 4.06. The smallest absolute Gasteiger partial charge is 0.233 e. The molecule has 2 aromatic rings. The number of benzene rings is 1. The first-order chi connectivity index (χ1) is 9.36. The Hall–Kier alpha value is -1.11. The van der Waals surface area contributed by atoms with Crippen molar-refractivity contribution < 1.29 is 0 Å². The van der Waals surface area contributed by atoms with Crippen LogP contribution in [0.1, 0.15) is 5.56 Å². The predicted molar refractivity (Wildman–Crippen MR) is 86.3 cm³/mol. The molecule has 0 radical (unpaired) electrons. The molecule has 0 amide bonds. The standard InChI is InChI=1S/C12H12BrCl2N5/c1-6-4-7(13)9(5-8(6)14)16-11-17-10(15)18-12(19-11)20(2)3/h4-5H,1-3H3,(H,16,17,18,19). The summed E-state index contributed by atoms with van der Waals surface area (Å²) < 4.78 is 0.863. The highest BCUT2D eigenvalue weighted by Gasteiger charge is 2.10. The SMILES string of the molecule is Cc1cc(Br)c(Nc2nc(Cl)nc(N(C)C)n2)cc1Cl. The van der Waals surface area contributed by atoms with Crippen molar-refractivity contribution in [3.05, 3.63) is 32.5 Å². The van der Waals surface area contributed by atoms with Crippen molar-refractivity contribution >= 4 is 56.7 Å². The minimum absolute atomic E-state index is 0.125. The van der Waals surface area contributed by atoms with E-state index in [0.29, 0.717) is 16.9 Å². The van der Waals surface area contributed by atoms with Gasteiger partial charge in [-0.15, -0.1) is 0 Å². The first kappa shape index (κ1) is 15.3. The molecular formula is C12H12BrCl2N5. The third kappa shape index (κ3) is 3.50. The van der Waals surface area contributed by atoms with Gasteiger partial charge in [0.1, 0.15) is 0 Å². The Balaban J connectivity index is 2.37. The van der Waals surface area contributed by atoms with Gasteiger partial charge in [0.2, 0.25) is 17.2 Å². The van der Waals surface area contributed by atoms with E-state index in [0.717, 1.165) is 15.7 Å². The lowest BCUT2D eigenvalue weighted by molar-refractivity contribution is 0.961. The summed E-state index contributed by atoms with van der Waals surface area (Å²) >= 11 is 15.5. The second kappa shape index (κ2) is 6.11. The van der Waals surface area contributed by atoms with E-state index in [1.807, 2.05) is 27.1 Å². The van der Waals surface area contributed by atoms with Crippen LogP contribution in [0.2, 0.25) is 10.3 Å². The van der Waals surface area contributed by atoms with E-state index in [2.05, 4.69) is 36.2 Å². The first-order valence-corrected chi connectivity index (χ1v) is 7.23. The van der Waals surface area contributed by atoms with Gasteiger partial charge in [0.15, 0.2) is 0 Å². The zero-order chi connectivity index (χ0) is 14.9. The summed E-state index contributed by atoms with van der Waals surface area (Å²) in [5.74, 6) is 0.830. The third-order valence-corrected chi connectivity index (χ3v) is 3.72. The van der Waals surface area contributed by atoms with Crippen molar-refractivity contribution in [3.63, 3.8) is 0 Å². The van der Waals surface area contributed by atoms with Gasteiger partial charge in [-0.1, -0.05) is 11.6 Å². The van der Waals surface area contributed by atoms with Crippen molar-refractivity contribution in [3.8, 4) is 0 Å². The molecule has 0 saturated heterocycles. The Morgan fingerprint density at radius 2 is 1.85 bits per heavy atom. The van der Waals surface area contributed by atoms with Crippen molar-refractivity contribution in [1.29, 1.82) is 0 Å². The molecule has 0 aliphatic heterocycles. The van der Waals surface area contributed by atoms with Crippen LogP contribution in [0.3, 0.4) is 0 Å². The number of aryl methyl sites for hydroxylation is 1. The number of aromatic nitrogens is 3. The van der Waals surface area contributed by atoms with Crippen LogP contribution in [0.15, 0.2) is 16.6 Å². The van der Waals surface area contributed by atoms with Crippen molar-refractivity contribution in [1.82, 2.24) is 15.0 Å². The zero-order valence-electron chi connectivity index (χ0n) is 11.1. The second-order valence-corrected chi connectivity index (χ2v) is 5.93. The van der Waals surface area contributed by atoms with Crippen LogP contribution in [0.4, 0.5) is 17.6 Å². The van der Waals surface area contributed by atoms with Crippen LogP contribution in [0.25, 0.3) is 0 Å². The molecular weight excluding hydrogens is 365 g/mol. The van der Waals surface area contributed by atoms with E-state index in [9.17, 15) is 0 Å². The summed E-state index contributed by atoms with van der Waals surface area (Å²) in [6.07, 6.45) is 0. The Kier molecular flexibility index (Phi) is 4.67. The number of rotatable bonds is 3. The highest BCUT2D eigenvalue weighted by atomic mass is 79.9. The van der Waals surface area contributed by atoms with Crippen molar-refractivity contribution in [2.45, 2.75) is 6.92 Å². The van der Waals surface area contributed by atoms with E-state index in [1.165, 1.54) is 0 Å². The quantitative estimate of drug-likeness (QED) is 0.875. The summed E-state index contributed by atoms with van der Waals surface area (Å²) in [6.45, 7) is 1.93. The van der Waals surface area contributed by atoms with Gasteiger partial charge in [-0.2, -0.15) is 15.0 Å². The van der Waals surface area contributed by atoms with E-state index in [4.69, 9.17) is 23.2 Å². The van der Waals surface area contributed by atoms with Crippen molar-refractivity contribution in [2.24, 2.45) is 0 Å². The lowest BCUT2D eigenvalue weighted by Crippen LogP contribution is -2.14. The average molecular weight is 377 g/mol. The molecule has 5 nitrogen and oxygen atoms in total. The summed E-state index contributed by atoms with van der Waals surface area (Å²) in [6, 6.07) is 3.72. The molecule has 20 heavy (non-hydrogen) atoms. The maximum absolute atomic E-state index is 6.12. The van der Waals surface area contributed by atoms with E-state index in [1.54, 1.807) is 11.0 Å². The number of hydrogen-bond acceptors (Lipinski definition) is 5. The van der Waals surface area contributed by atoms with Gasteiger partial charge in [-0.3, -0.25) is 0 Å². The van der Waals surface area contributed by atoms with Crippen LogP contribution in [0.5, 0.6) is 0 Å². The maximum Gasteiger partial charge on any atom is 0.233 e. The molecule has 8 heteroatoms. The third-order valence-electron chi connectivity index (χ3n) is 2.49. The number of nitrogens with zero attached hydrogens (tertiary/aromatic N) is 4. The highest BCUT2D eigenvalue weighted by Crippen LogP contribution is 2.30. The topological polar surface area (TPSA) is 53.9 Å². The fraction of sp³-hybridized carbons (Fsp3) is 0.250. The molecule has 1 N–H and O–H groups in total. The molecule has 1 aromatic heterocycles. The number of anilines is 3. The molecule has 106 valence electrons. The van der Waals surface area contributed by atoms with E-state index < -0.39 is 0 Å². The van der Waals surface area contributed by atoms with Gasteiger partial charge in [0.25, 0.3) is 0 Å².